The van der Waals surface area contributed by atoms with Gasteiger partial charge in [-0.05, 0) is 43.4 Å². The summed E-state index contributed by atoms with van der Waals surface area (Å²) in [5.74, 6) is -0.0685. The van der Waals surface area contributed by atoms with E-state index in [4.69, 9.17) is 0 Å². The van der Waals surface area contributed by atoms with Gasteiger partial charge in [-0.2, -0.15) is 0 Å². The van der Waals surface area contributed by atoms with Crippen LogP contribution in [0.4, 0.5) is 10.1 Å². The summed E-state index contributed by atoms with van der Waals surface area (Å²) in [5.41, 5.74) is 1.82. The van der Waals surface area contributed by atoms with E-state index in [0.29, 0.717) is 12.1 Å². The Kier molecular flexibility index (Phi) is 6.04. The smallest absolute Gasteiger partial charge is 0.146 e. The lowest BCUT2D eigenvalue weighted by Crippen LogP contribution is -2.40. The molecule has 1 fully saturated rings. The summed E-state index contributed by atoms with van der Waals surface area (Å²) < 4.78 is 14.5. The molecule has 0 aliphatic carbocycles. The minimum absolute atomic E-state index is 0.0685. The fourth-order valence-electron chi connectivity index (χ4n) is 3.17. The van der Waals surface area contributed by atoms with Gasteiger partial charge in [-0.1, -0.05) is 33.3 Å². The summed E-state index contributed by atoms with van der Waals surface area (Å²) in [6.07, 6.45) is 5.98. The number of nitrogens with one attached hydrogen (secondary N) is 1. The highest BCUT2D eigenvalue weighted by atomic mass is 19.1. The van der Waals surface area contributed by atoms with Gasteiger partial charge in [0.2, 0.25) is 0 Å². The van der Waals surface area contributed by atoms with Gasteiger partial charge in [0.1, 0.15) is 5.82 Å². The predicted molar refractivity (Wildman–Crippen MR) is 88.3 cm³/mol. The summed E-state index contributed by atoms with van der Waals surface area (Å²) >= 11 is 0. The normalized spacial score (nSPS) is 19.3. The van der Waals surface area contributed by atoms with Crippen molar-refractivity contribution in [2.24, 2.45) is 0 Å². The number of nitrogens with zero attached hydrogens (tertiary/aromatic N) is 1. The standard InChI is InChI=1S/C18H29FN2/c1-4-7-16-8-5-6-11-21(16)18-10-9-15(12-17(18)19)13-20-14(2)3/h9-10,12,14,16,20H,4-8,11,13H2,1-3H3. The highest BCUT2D eigenvalue weighted by molar-refractivity contribution is 5.50. The maximum atomic E-state index is 14.5. The summed E-state index contributed by atoms with van der Waals surface area (Å²) in [7, 11) is 0. The van der Waals surface area contributed by atoms with E-state index < -0.39 is 0 Å². The zero-order chi connectivity index (χ0) is 15.2. The number of piperidine rings is 1. The number of rotatable bonds is 6. The molecule has 0 saturated carbocycles. The van der Waals surface area contributed by atoms with Crippen LogP contribution in [0.5, 0.6) is 0 Å². The Hall–Kier alpha value is -1.09. The van der Waals surface area contributed by atoms with Crippen LogP contribution < -0.4 is 10.2 Å². The van der Waals surface area contributed by atoms with Gasteiger partial charge in [0.05, 0.1) is 5.69 Å². The van der Waals surface area contributed by atoms with Crippen molar-refractivity contribution in [1.82, 2.24) is 5.32 Å². The average Bonchev–Trinajstić information content (AvgIpc) is 2.46. The Morgan fingerprint density at radius 1 is 1.33 bits per heavy atom. The van der Waals surface area contributed by atoms with Crippen molar-refractivity contribution >= 4 is 5.69 Å². The number of hydrogen-bond acceptors (Lipinski definition) is 2. The maximum absolute atomic E-state index is 14.5. The second-order valence-corrected chi connectivity index (χ2v) is 6.45. The lowest BCUT2D eigenvalue weighted by molar-refractivity contribution is 0.429. The van der Waals surface area contributed by atoms with Crippen molar-refractivity contribution in [3.8, 4) is 0 Å². The second-order valence-electron chi connectivity index (χ2n) is 6.45. The van der Waals surface area contributed by atoms with Gasteiger partial charge in [-0.3, -0.25) is 0 Å². The van der Waals surface area contributed by atoms with Crippen LogP contribution in [0.1, 0.15) is 58.4 Å². The molecule has 0 radical (unpaired) electrons. The van der Waals surface area contributed by atoms with Crippen LogP contribution in [0.3, 0.4) is 0 Å². The molecule has 2 nitrogen and oxygen atoms in total. The Morgan fingerprint density at radius 2 is 2.14 bits per heavy atom. The molecule has 1 aliphatic rings. The molecule has 0 bridgehead atoms. The molecule has 118 valence electrons. The third-order valence-electron chi connectivity index (χ3n) is 4.28. The van der Waals surface area contributed by atoms with Gasteiger partial charge < -0.3 is 10.2 Å². The first-order chi connectivity index (χ1) is 10.1. The van der Waals surface area contributed by atoms with Crippen molar-refractivity contribution in [1.29, 1.82) is 0 Å². The molecule has 1 aromatic carbocycles. The molecule has 21 heavy (non-hydrogen) atoms. The van der Waals surface area contributed by atoms with E-state index in [1.165, 1.54) is 25.7 Å². The van der Waals surface area contributed by atoms with Gasteiger partial charge >= 0.3 is 0 Å². The number of halogens is 1. The summed E-state index contributed by atoms with van der Waals surface area (Å²) in [6, 6.07) is 6.66. The van der Waals surface area contributed by atoms with Gasteiger partial charge in [0, 0.05) is 25.2 Å². The fourth-order valence-corrected chi connectivity index (χ4v) is 3.17. The molecular weight excluding hydrogens is 263 g/mol. The SMILES string of the molecule is CCCC1CCCCN1c1ccc(CNC(C)C)cc1F. The van der Waals surface area contributed by atoms with Gasteiger partial charge in [0.15, 0.2) is 0 Å². The third-order valence-corrected chi connectivity index (χ3v) is 4.28. The van der Waals surface area contributed by atoms with E-state index >= 15 is 0 Å². The van der Waals surface area contributed by atoms with Gasteiger partial charge in [-0.15, -0.1) is 0 Å². The van der Waals surface area contributed by atoms with E-state index in [1.54, 1.807) is 6.07 Å². The van der Waals surface area contributed by atoms with Crippen molar-refractivity contribution in [3.63, 3.8) is 0 Å². The third kappa shape index (κ3) is 4.44. The van der Waals surface area contributed by atoms with E-state index in [2.05, 4.69) is 37.1 Å². The predicted octanol–water partition coefficient (Wildman–Crippen LogP) is 4.48. The first kappa shape index (κ1) is 16.3. The van der Waals surface area contributed by atoms with Gasteiger partial charge in [-0.25, -0.2) is 4.39 Å². The van der Waals surface area contributed by atoms with E-state index in [9.17, 15) is 4.39 Å². The molecule has 0 spiro atoms. The van der Waals surface area contributed by atoms with Crippen molar-refractivity contribution < 1.29 is 4.39 Å². The summed E-state index contributed by atoms with van der Waals surface area (Å²) in [4.78, 5) is 2.29. The molecule has 1 aromatic rings. The van der Waals surface area contributed by atoms with Crippen LogP contribution in [0.25, 0.3) is 0 Å². The number of anilines is 1. The topological polar surface area (TPSA) is 15.3 Å². The quantitative estimate of drug-likeness (QED) is 0.831. The second kappa shape index (κ2) is 7.79. The first-order valence-corrected chi connectivity index (χ1v) is 8.40. The fraction of sp³-hybridized carbons (Fsp3) is 0.667. The molecule has 1 atom stereocenters. The molecular formula is C18H29FN2. The van der Waals surface area contributed by atoms with E-state index in [-0.39, 0.29) is 5.82 Å². The minimum Gasteiger partial charge on any atom is -0.366 e. The highest BCUT2D eigenvalue weighted by Gasteiger charge is 2.24. The Balaban J connectivity index is 2.11. The monoisotopic (exact) mass is 292 g/mol. The summed E-state index contributed by atoms with van der Waals surface area (Å²) in [5, 5.41) is 3.34. The zero-order valence-electron chi connectivity index (χ0n) is 13.7. The Labute approximate surface area is 128 Å². The van der Waals surface area contributed by atoms with Crippen LogP contribution in [0.15, 0.2) is 18.2 Å². The molecule has 1 heterocycles. The molecule has 0 aromatic heterocycles. The van der Waals surface area contributed by atoms with E-state index in [0.717, 1.165) is 30.8 Å². The van der Waals surface area contributed by atoms with Crippen molar-refractivity contribution in [2.75, 3.05) is 11.4 Å². The lowest BCUT2D eigenvalue weighted by atomic mass is 9.97. The van der Waals surface area contributed by atoms with Crippen LogP contribution in [-0.2, 0) is 6.54 Å². The highest BCUT2D eigenvalue weighted by Crippen LogP contribution is 2.29. The van der Waals surface area contributed by atoms with Crippen LogP contribution in [0, 0.1) is 5.82 Å². The van der Waals surface area contributed by atoms with Crippen LogP contribution >= 0.6 is 0 Å². The van der Waals surface area contributed by atoms with Crippen molar-refractivity contribution in [3.05, 3.63) is 29.6 Å². The molecule has 2 rings (SSSR count). The largest absolute Gasteiger partial charge is 0.366 e. The molecule has 1 aliphatic heterocycles. The number of hydrogen-bond donors (Lipinski definition) is 1. The minimum atomic E-state index is -0.0685. The van der Waals surface area contributed by atoms with Crippen LogP contribution in [-0.4, -0.2) is 18.6 Å². The van der Waals surface area contributed by atoms with E-state index in [1.807, 2.05) is 6.07 Å². The van der Waals surface area contributed by atoms with Crippen molar-refractivity contribution in [2.45, 2.75) is 71.5 Å². The first-order valence-electron chi connectivity index (χ1n) is 8.40. The molecule has 0 amide bonds. The molecule has 1 N–H and O–H groups in total. The molecule has 1 saturated heterocycles. The lowest BCUT2D eigenvalue weighted by Gasteiger charge is -2.38. The molecule has 3 heteroatoms. The summed E-state index contributed by atoms with van der Waals surface area (Å²) in [6.45, 7) is 8.14. The maximum Gasteiger partial charge on any atom is 0.146 e. The molecule has 1 unspecified atom stereocenters. The average molecular weight is 292 g/mol. The Morgan fingerprint density at radius 3 is 2.81 bits per heavy atom. The Bertz CT molecular complexity index is 443. The zero-order valence-corrected chi connectivity index (χ0v) is 13.7. The number of benzene rings is 1. The van der Waals surface area contributed by atoms with Crippen LogP contribution in [0.2, 0.25) is 0 Å². The van der Waals surface area contributed by atoms with Gasteiger partial charge in [0.25, 0.3) is 0 Å².